The minimum atomic E-state index is -0.993. The third-order valence-corrected chi connectivity index (χ3v) is 4.22. The molecule has 1 unspecified atom stereocenters. The van der Waals surface area contributed by atoms with Crippen LogP contribution in [0.5, 0.6) is 0 Å². The molecule has 0 aliphatic carbocycles. The molecule has 132 valence electrons. The Labute approximate surface area is 143 Å². The molecule has 0 spiro atoms. The van der Waals surface area contributed by atoms with Crippen LogP contribution in [-0.2, 0) is 9.53 Å². The molecule has 1 aliphatic heterocycles. The third kappa shape index (κ3) is 3.39. The van der Waals surface area contributed by atoms with Crippen molar-refractivity contribution >= 4 is 11.9 Å². The van der Waals surface area contributed by atoms with Gasteiger partial charge in [0.15, 0.2) is 0 Å². The molecule has 2 heterocycles. The maximum absolute atomic E-state index is 14.0. The summed E-state index contributed by atoms with van der Waals surface area (Å²) in [6.07, 6.45) is 1.20. The predicted molar refractivity (Wildman–Crippen MR) is 86.2 cm³/mol. The van der Waals surface area contributed by atoms with Gasteiger partial charge in [0.05, 0.1) is 43.1 Å². The minimum Gasteiger partial charge on any atom is -0.481 e. The summed E-state index contributed by atoms with van der Waals surface area (Å²) in [5, 5.41) is 13.2. The number of carboxylic acids is 1. The molecule has 1 saturated heterocycles. The fraction of sp³-hybridized carbons (Fsp3) is 0.353. The molecule has 1 aliphatic rings. The molecule has 1 fully saturated rings. The number of hydrogen-bond donors (Lipinski definition) is 1. The van der Waals surface area contributed by atoms with Crippen molar-refractivity contribution in [3.8, 4) is 5.69 Å². The van der Waals surface area contributed by atoms with Crippen LogP contribution in [0.1, 0.15) is 22.5 Å². The zero-order valence-corrected chi connectivity index (χ0v) is 13.7. The number of morpholine rings is 1. The number of hydrogen-bond acceptors (Lipinski definition) is 4. The highest BCUT2D eigenvalue weighted by atomic mass is 19.1. The topological polar surface area (TPSA) is 84.7 Å². The number of rotatable bonds is 4. The SMILES string of the molecule is Cc1c(C(=O)N2CCOCC2CC(=O)O)cnn1-c1ccccc1F. The first-order valence-corrected chi connectivity index (χ1v) is 7.89. The van der Waals surface area contributed by atoms with Crippen LogP contribution in [0.2, 0.25) is 0 Å². The first kappa shape index (κ1) is 17.1. The second-order valence-corrected chi connectivity index (χ2v) is 5.83. The van der Waals surface area contributed by atoms with E-state index in [2.05, 4.69) is 5.10 Å². The van der Waals surface area contributed by atoms with E-state index in [9.17, 15) is 14.0 Å². The molecule has 1 N–H and O–H groups in total. The van der Waals surface area contributed by atoms with E-state index in [0.717, 1.165) is 0 Å². The van der Waals surface area contributed by atoms with E-state index in [1.165, 1.54) is 21.8 Å². The molecule has 3 rings (SSSR count). The van der Waals surface area contributed by atoms with Crippen LogP contribution >= 0.6 is 0 Å². The number of amides is 1. The highest BCUT2D eigenvalue weighted by Gasteiger charge is 2.31. The lowest BCUT2D eigenvalue weighted by atomic mass is 10.1. The van der Waals surface area contributed by atoms with Crippen molar-refractivity contribution in [1.29, 1.82) is 0 Å². The van der Waals surface area contributed by atoms with E-state index in [-0.39, 0.29) is 24.6 Å². The minimum absolute atomic E-state index is 0.179. The maximum Gasteiger partial charge on any atom is 0.305 e. The summed E-state index contributed by atoms with van der Waals surface area (Å²) in [6, 6.07) is 5.63. The lowest BCUT2D eigenvalue weighted by molar-refractivity contribution is -0.139. The molecule has 7 nitrogen and oxygen atoms in total. The van der Waals surface area contributed by atoms with Gasteiger partial charge >= 0.3 is 5.97 Å². The van der Waals surface area contributed by atoms with Crippen LogP contribution < -0.4 is 0 Å². The van der Waals surface area contributed by atoms with Crippen molar-refractivity contribution in [2.45, 2.75) is 19.4 Å². The summed E-state index contributed by atoms with van der Waals surface area (Å²) in [6.45, 7) is 2.52. The van der Waals surface area contributed by atoms with Gasteiger partial charge in [-0.05, 0) is 19.1 Å². The van der Waals surface area contributed by atoms with E-state index >= 15 is 0 Å². The normalized spacial score (nSPS) is 17.5. The van der Waals surface area contributed by atoms with Gasteiger partial charge < -0.3 is 14.7 Å². The van der Waals surface area contributed by atoms with Crippen molar-refractivity contribution in [1.82, 2.24) is 14.7 Å². The van der Waals surface area contributed by atoms with Crippen LogP contribution in [-0.4, -0.2) is 57.5 Å². The first-order chi connectivity index (χ1) is 12.0. The summed E-state index contributed by atoms with van der Waals surface area (Å²) < 4.78 is 20.7. The molecule has 1 amide bonds. The number of ether oxygens (including phenoxy) is 1. The second-order valence-electron chi connectivity index (χ2n) is 5.83. The molecule has 25 heavy (non-hydrogen) atoms. The number of benzene rings is 1. The summed E-state index contributed by atoms with van der Waals surface area (Å²) in [5.41, 5.74) is 1.07. The summed E-state index contributed by atoms with van der Waals surface area (Å²) in [4.78, 5) is 25.4. The van der Waals surface area contributed by atoms with Crippen molar-refractivity contribution in [2.75, 3.05) is 19.8 Å². The number of para-hydroxylation sites is 1. The molecular formula is C17H18FN3O4. The van der Waals surface area contributed by atoms with Gasteiger partial charge in [-0.15, -0.1) is 0 Å². The molecule has 0 radical (unpaired) electrons. The number of nitrogens with zero attached hydrogens (tertiary/aromatic N) is 3. The van der Waals surface area contributed by atoms with Gasteiger partial charge in [-0.3, -0.25) is 9.59 Å². The predicted octanol–water partition coefficient (Wildman–Crippen LogP) is 1.64. The number of carbonyl (C=O) groups is 2. The van der Waals surface area contributed by atoms with Crippen LogP contribution in [0, 0.1) is 12.7 Å². The Morgan fingerprint density at radius 3 is 2.88 bits per heavy atom. The van der Waals surface area contributed by atoms with Gasteiger partial charge in [-0.1, -0.05) is 12.1 Å². The number of aromatic nitrogens is 2. The summed E-state index contributed by atoms with van der Waals surface area (Å²) in [7, 11) is 0. The highest BCUT2D eigenvalue weighted by molar-refractivity contribution is 5.95. The summed E-state index contributed by atoms with van der Waals surface area (Å²) in [5.74, 6) is -1.76. The van der Waals surface area contributed by atoms with Crippen LogP contribution in [0.25, 0.3) is 5.69 Å². The molecule has 1 atom stereocenters. The van der Waals surface area contributed by atoms with E-state index < -0.39 is 17.8 Å². The van der Waals surface area contributed by atoms with Crippen LogP contribution in [0.4, 0.5) is 4.39 Å². The first-order valence-electron chi connectivity index (χ1n) is 7.89. The summed E-state index contributed by atoms with van der Waals surface area (Å²) >= 11 is 0. The van der Waals surface area contributed by atoms with Crippen molar-refractivity contribution in [2.24, 2.45) is 0 Å². The fourth-order valence-corrected chi connectivity index (χ4v) is 2.93. The number of aliphatic carboxylic acids is 1. The van der Waals surface area contributed by atoms with Crippen molar-refractivity contribution in [3.05, 3.63) is 47.5 Å². The molecular weight excluding hydrogens is 329 g/mol. The van der Waals surface area contributed by atoms with Gasteiger partial charge in [-0.25, -0.2) is 9.07 Å². The van der Waals surface area contributed by atoms with Crippen LogP contribution in [0.3, 0.4) is 0 Å². The average molecular weight is 347 g/mol. The fourth-order valence-electron chi connectivity index (χ4n) is 2.93. The van der Waals surface area contributed by atoms with E-state index in [4.69, 9.17) is 9.84 Å². The Hall–Kier alpha value is -2.74. The van der Waals surface area contributed by atoms with Gasteiger partial charge in [0, 0.05) is 6.54 Å². The Morgan fingerprint density at radius 2 is 2.16 bits per heavy atom. The molecule has 1 aromatic heterocycles. The lowest BCUT2D eigenvalue weighted by Gasteiger charge is -2.34. The molecule has 2 aromatic rings. The van der Waals surface area contributed by atoms with Crippen LogP contribution in [0.15, 0.2) is 30.5 Å². The van der Waals surface area contributed by atoms with Crippen molar-refractivity contribution < 1.29 is 23.8 Å². The largest absolute Gasteiger partial charge is 0.481 e. The number of halogens is 1. The zero-order valence-electron chi connectivity index (χ0n) is 13.7. The smallest absolute Gasteiger partial charge is 0.305 e. The van der Waals surface area contributed by atoms with Gasteiger partial charge in [0.2, 0.25) is 0 Å². The van der Waals surface area contributed by atoms with Gasteiger partial charge in [0.1, 0.15) is 11.5 Å². The maximum atomic E-state index is 14.0. The molecule has 1 aromatic carbocycles. The quantitative estimate of drug-likeness (QED) is 0.909. The molecule has 0 bridgehead atoms. The standard InChI is InChI=1S/C17H18FN3O4/c1-11-13(9-19-21(11)15-5-3-2-4-14(15)18)17(24)20-6-7-25-10-12(20)8-16(22)23/h2-5,9,12H,6-8,10H2,1H3,(H,22,23). The average Bonchev–Trinajstić information content (AvgIpc) is 2.96. The lowest BCUT2D eigenvalue weighted by Crippen LogP contribution is -2.49. The third-order valence-electron chi connectivity index (χ3n) is 4.22. The van der Waals surface area contributed by atoms with Crippen molar-refractivity contribution in [3.63, 3.8) is 0 Å². The monoisotopic (exact) mass is 347 g/mol. The van der Waals surface area contributed by atoms with Gasteiger partial charge in [-0.2, -0.15) is 5.10 Å². The van der Waals surface area contributed by atoms with Gasteiger partial charge in [0.25, 0.3) is 5.91 Å². The Morgan fingerprint density at radius 1 is 1.40 bits per heavy atom. The Bertz CT molecular complexity index is 805. The van der Waals surface area contributed by atoms with E-state index in [1.807, 2.05) is 0 Å². The Kier molecular flexibility index (Phi) is 4.80. The molecule has 0 saturated carbocycles. The molecule has 8 heteroatoms. The zero-order chi connectivity index (χ0) is 18.0. The van der Waals surface area contributed by atoms with E-state index in [1.54, 1.807) is 25.1 Å². The Balaban J connectivity index is 1.90. The second kappa shape index (κ2) is 7.02. The highest BCUT2D eigenvalue weighted by Crippen LogP contribution is 2.21. The number of carboxylic acid groups (broad SMARTS) is 1. The number of carbonyl (C=O) groups excluding carboxylic acids is 1. The van der Waals surface area contributed by atoms with E-state index in [0.29, 0.717) is 24.4 Å².